The number of ether oxygens (including phenoxy) is 2. The van der Waals surface area contributed by atoms with Gasteiger partial charge in [0.05, 0.1) is 20.3 Å². The monoisotopic (exact) mass is 281 g/mol. The van der Waals surface area contributed by atoms with Crippen molar-refractivity contribution in [2.75, 3.05) is 20.8 Å². The van der Waals surface area contributed by atoms with Gasteiger partial charge < -0.3 is 19.9 Å². The molecule has 2 N–H and O–H groups in total. The third kappa shape index (κ3) is 4.69. The molecule has 0 aromatic heterocycles. The SMILES string of the molecule is CCCC(CC)NCC(O)c1cc(OC)ccc1OC. The van der Waals surface area contributed by atoms with E-state index < -0.39 is 6.10 Å². The molecular formula is C16H27NO3. The van der Waals surface area contributed by atoms with E-state index in [0.717, 1.165) is 30.6 Å². The average Bonchev–Trinajstić information content (AvgIpc) is 2.50. The molecule has 0 aliphatic carbocycles. The van der Waals surface area contributed by atoms with Crippen molar-refractivity contribution in [2.45, 2.75) is 45.3 Å². The Balaban J connectivity index is 2.72. The lowest BCUT2D eigenvalue weighted by molar-refractivity contribution is 0.164. The molecule has 4 heteroatoms. The van der Waals surface area contributed by atoms with E-state index in [4.69, 9.17) is 9.47 Å². The molecule has 1 aromatic carbocycles. The molecule has 0 saturated heterocycles. The summed E-state index contributed by atoms with van der Waals surface area (Å²) in [5.74, 6) is 1.41. The van der Waals surface area contributed by atoms with Gasteiger partial charge in [0.25, 0.3) is 0 Å². The second kappa shape index (κ2) is 8.82. The number of hydrogen-bond donors (Lipinski definition) is 2. The molecule has 0 aliphatic heterocycles. The maximum atomic E-state index is 10.4. The highest BCUT2D eigenvalue weighted by molar-refractivity contribution is 5.41. The zero-order chi connectivity index (χ0) is 15.0. The summed E-state index contributed by atoms with van der Waals surface area (Å²) in [4.78, 5) is 0. The molecule has 2 unspecified atom stereocenters. The van der Waals surface area contributed by atoms with Crippen LogP contribution >= 0.6 is 0 Å². The van der Waals surface area contributed by atoms with Gasteiger partial charge in [-0.3, -0.25) is 0 Å². The Bertz CT molecular complexity index is 395. The molecule has 0 bridgehead atoms. The summed E-state index contributed by atoms with van der Waals surface area (Å²) in [5, 5.41) is 13.8. The predicted molar refractivity (Wildman–Crippen MR) is 81.5 cm³/mol. The Labute approximate surface area is 122 Å². The van der Waals surface area contributed by atoms with Gasteiger partial charge in [-0.1, -0.05) is 20.3 Å². The molecule has 0 fully saturated rings. The van der Waals surface area contributed by atoms with Gasteiger partial charge in [-0.2, -0.15) is 0 Å². The molecule has 2 atom stereocenters. The van der Waals surface area contributed by atoms with E-state index in [9.17, 15) is 5.11 Å². The van der Waals surface area contributed by atoms with Gasteiger partial charge in [-0.25, -0.2) is 0 Å². The van der Waals surface area contributed by atoms with Crippen LogP contribution in [0.3, 0.4) is 0 Å². The minimum atomic E-state index is -0.606. The zero-order valence-corrected chi connectivity index (χ0v) is 13.0. The lowest BCUT2D eigenvalue weighted by Crippen LogP contribution is -2.32. The number of benzene rings is 1. The number of hydrogen-bond acceptors (Lipinski definition) is 4. The molecule has 0 amide bonds. The lowest BCUT2D eigenvalue weighted by atomic mass is 10.1. The van der Waals surface area contributed by atoms with Gasteiger partial charge in [-0.05, 0) is 31.0 Å². The summed E-state index contributed by atoms with van der Waals surface area (Å²) in [5.41, 5.74) is 0.755. The van der Waals surface area contributed by atoms with Gasteiger partial charge in [-0.15, -0.1) is 0 Å². The Kier molecular flexibility index (Phi) is 7.41. The Hall–Kier alpha value is -1.26. The van der Waals surface area contributed by atoms with Crippen LogP contribution in [-0.2, 0) is 0 Å². The standard InChI is InChI=1S/C16H27NO3/c1-5-7-12(6-2)17-11-15(18)14-10-13(19-3)8-9-16(14)20-4/h8-10,12,15,17-18H,5-7,11H2,1-4H3. The minimum Gasteiger partial charge on any atom is -0.497 e. The van der Waals surface area contributed by atoms with Crippen LogP contribution < -0.4 is 14.8 Å². The van der Waals surface area contributed by atoms with E-state index in [1.54, 1.807) is 14.2 Å². The van der Waals surface area contributed by atoms with Crippen LogP contribution in [0.5, 0.6) is 11.5 Å². The highest BCUT2D eigenvalue weighted by Crippen LogP contribution is 2.29. The highest BCUT2D eigenvalue weighted by Gasteiger charge is 2.16. The van der Waals surface area contributed by atoms with E-state index in [1.807, 2.05) is 18.2 Å². The van der Waals surface area contributed by atoms with E-state index >= 15 is 0 Å². The van der Waals surface area contributed by atoms with Crippen molar-refractivity contribution in [3.8, 4) is 11.5 Å². The van der Waals surface area contributed by atoms with Gasteiger partial charge in [0.2, 0.25) is 0 Å². The van der Waals surface area contributed by atoms with Crippen LogP contribution in [0.1, 0.15) is 44.8 Å². The number of aliphatic hydroxyl groups is 1. The van der Waals surface area contributed by atoms with Crippen molar-refractivity contribution in [1.29, 1.82) is 0 Å². The normalized spacial score (nSPS) is 13.8. The van der Waals surface area contributed by atoms with E-state index in [0.29, 0.717) is 18.3 Å². The van der Waals surface area contributed by atoms with Crippen LogP contribution in [-0.4, -0.2) is 31.9 Å². The summed E-state index contributed by atoms with van der Waals surface area (Å²) in [7, 11) is 3.22. The third-order valence-electron chi connectivity index (χ3n) is 3.53. The van der Waals surface area contributed by atoms with Crippen molar-refractivity contribution >= 4 is 0 Å². The van der Waals surface area contributed by atoms with Gasteiger partial charge in [0, 0.05) is 18.2 Å². The maximum absolute atomic E-state index is 10.4. The minimum absolute atomic E-state index is 0.450. The fourth-order valence-corrected chi connectivity index (χ4v) is 2.29. The summed E-state index contributed by atoms with van der Waals surface area (Å²) in [6.07, 6.45) is 2.73. The molecule has 0 saturated carbocycles. The Morgan fingerprint density at radius 2 is 1.95 bits per heavy atom. The molecule has 1 aromatic rings. The second-order valence-corrected chi connectivity index (χ2v) is 4.93. The van der Waals surface area contributed by atoms with Crippen molar-refractivity contribution in [3.05, 3.63) is 23.8 Å². The first-order chi connectivity index (χ1) is 9.65. The molecule has 0 radical (unpaired) electrons. The Morgan fingerprint density at radius 1 is 1.20 bits per heavy atom. The molecule has 20 heavy (non-hydrogen) atoms. The van der Waals surface area contributed by atoms with E-state index in [2.05, 4.69) is 19.2 Å². The van der Waals surface area contributed by atoms with Crippen LogP contribution in [0.25, 0.3) is 0 Å². The number of aliphatic hydroxyl groups excluding tert-OH is 1. The quantitative estimate of drug-likeness (QED) is 0.731. The van der Waals surface area contributed by atoms with Crippen molar-refractivity contribution < 1.29 is 14.6 Å². The van der Waals surface area contributed by atoms with Crippen molar-refractivity contribution in [2.24, 2.45) is 0 Å². The highest BCUT2D eigenvalue weighted by atomic mass is 16.5. The first-order valence-electron chi connectivity index (χ1n) is 7.29. The van der Waals surface area contributed by atoms with Crippen LogP contribution in [0, 0.1) is 0 Å². The smallest absolute Gasteiger partial charge is 0.124 e. The first kappa shape index (κ1) is 16.8. The topological polar surface area (TPSA) is 50.7 Å². The van der Waals surface area contributed by atoms with Crippen LogP contribution in [0.2, 0.25) is 0 Å². The molecule has 0 spiro atoms. The van der Waals surface area contributed by atoms with E-state index in [-0.39, 0.29) is 0 Å². The molecule has 114 valence electrons. The van der Waals surface area contributed by atoms with E-state index in [1.165, 1.54) is 0 Å². The first-order valence-corrected chi connectivity index (χ1v) is 7.29. The number of methoxy groups -OCH3 is 2. The molecular weight excluding hydrogens is 254 g/mol. The van der Waals surface area contributed by atoms with Crippen molar-refractivity contribution in [1.82, 2.24) is 5.32 Å². The summed E-state index contributed by atoms with van der Waals surface area (Å²) < 4.78 is 10.5. The van der Waals surface area contributed by atoms with Crippen LogP contribution in [0.4, 0.5) is 0 Å². The molecule has 4 nitrogen and oxygen atoms in total. The lowest BCUT2D eigenvalue weighted by Gasteiger charge is -2.20. The average molecular weight is 281 g/mol. The third-order valence-corrected chi connectivity index (χ3v) is 3.53. The summed E-state index contributed by atoms with van der Waals surface area (Å²) in [6.45, 7) is 4.85. The molecule has 0 heterocycles. The van der Waals surface area contributed by atoms with Gasteiger partial charge in [0.1, 0.15) is 11.5 Å². The fraction of sp³-hybridized carbons (Fsp3) is 0.625. The largest absolute Gasteiger partial charge is 0.497 e. The number of nitrogens with one attached hydrogen (secondary N) is 1. The second-order valence-electron chi connectivity index (χ2n) is 4.93. The van der Waals surface area contributed by atoms with Gasteiger partial charge in [0.15, 0.2) is 0 Å². The zero-order valence-electron chi connectivity index (χ0n) is 13.0. The Morgan fingerprint density at radius 3 is 2.50 bits per heavy atom. The predicted octanol–water partition coefficient (Wildman–Crippen LogP) is 2.91. The maximum Gasteiger partial charge on any atom is 0.124 e. The van der Waals surface area contributed by atoms with Crippen molar-refractivity contribution in [3.63, 3.8) is 0 Å². The summed E-state index contributed by atoms with van der Waals surface area (Å²) >= 11 is 0. The van der Waals surface area contributed by atoms with Crippen LogP contribution in [0.15, 0.2) is 18.2 Å². The number of rotatable bonds is 9. The van der Waals surface area contributed by atoms with Gasteiger partial charge >= 0.3 is 0 Å². The molecule has 1 rings (SSSR count). The fourth-order valence-electron chi connectivity index (χ4n) is 2.29. The summed E-state index contributed by atoms with van der Waals surface area (Å²) in [6, 6.07) is 5.92. The molecule has 0 aliphatic rings.